The van der Waals surface area contributed by atoms with Crippen LogP contribution < -0.4 is 10.6 Å². The summed E-state index contributed by atoms with van der Waals surface area (Å²) in [4.78, 5) is 25.8. The topological polar surface area (TPSA) is 93.2 Å². The van der Waals surface area contributed by atoms with Crippen LogP contribution in [0.1, 0.15) is 12.5 Å². The van der Waals surface area contributed by atoms with Gasteiger partial charge in [0.05, 0.1) is 11.6 Å². The van der Waals surface area contributed by atoms with Crippen molar-refractivity contribution in [2.24, 2.45) is 12.8 Å². The summed E-state index contributed by atoms with van der Waals surface area (Å²) in [6.45, 7) is 4.37. The van der Waals surface area contributed by atoms with Crippen molar-refractivity contribution in [2.75, 3.05) is 31.1 Å². The van der Waals surface area contributed by atoms with Crippen LogP contribution in [0.2, 0.25) is 0 Å². The van der Waals surface area contributed by atoms with Crippen LogP contribution in [0.25, 0.3) is 11.0 Å². The van der Waals surface area contributed by atoms with Gasteiger partial charge in [0.25, 0.3) is 0 Å². The number of amides is 1. The zero-order valence-corrected chi connectivity index (χ0v) is 18.0. The summed E-state index contributed by atoms with van der Waals surface area (Å²) < 4.78 is 1.74. The standard InChI is InChI=1S/C19H23N7O.2ClH/c1-19(20,14-6-4-3-5-7-14)18(27)26-10-8-25(9-11-26)17-15-12-23-24(2)16(15)21-13-22-17;;/h3-7,12-13H,8-11,20H2,1-2H3;2*1H. The first-order valence-corrected chi connectivity index (χ1v) is 9.00. The number of aromatic nitrogens is 4. The number of halogens is 2. The number of carbonyl (C=O) groups excluding carboxylic acids is 1. The monoisotopic (exact) mass is 437 g/mol. The van der Waals surface area contributed by atoms with Crippen LogP contribution in [0.5, 0.6) is 0 Å². The average molecular weight is 438 g/mol. The Morgan fingerprint density at radius 1 is 1.07 bits per heavy atom. The highest BCUT2D eigenvalue weighted by Crippen LogP contribution is 2.25. The van der Waals surface area contributed by atoms with Crippen molar-refractivity contribution in [3.8, 4) is 0 Å². The van der Waals surface area contributed by atoms with Gasteiger partial charge >= 0.3 is 0 Å². The largest absolute Gasteiger partial charge is 0.352 e. The van der Waals surface area contributed by atoms with Gasteiger partial charge in [-0.3, -0.25) is 9.48 Å². The Balaban J connectivity index is 0.00000150. The molecule has 2 aromatic heterocycles. The fourth-order valence-electron chi connectivity index (χ4n) is 3.56. The average Bonchev–Trinajstić information content (AvgIpc) is 3.09. The van der Waals surface area contributed by atoms with E-state index < -0.39 is 5.54 Å². The Labute approximate surface area is 181 Å². The Morgan fingerprint density at radius 2 is 1.72 bits per heavy atom. The van der Waals surface area contributed by atoms with Gasteiger partial charge in [-0.05, 0) is 12.5 Å². The van der Waals surface area contributed by atoms with Gasteiger partial charge in [0, 0.05) is 33.2 Å². The van der Waals surface area contributed by atoms with E-state index in [-0.39, 0.29) is 30.7 Å². The maximum absolute atomic E-state index is 13.0. The Morgan fingerprint density at radius 3 is 2.38 bits per heavy atom. The molecule has 1 unspecified atom stereocenters. The second kappa shape index (κ2) is 8.94. The van der Waals surface area contributed by atoms with Crippen molar-refractivity contribution in [1.82, 2.24) is 24.6 Å². The first-order chi connectivity index (χ1) is 13.0. The minimum Gasteiger partial charge on any atom is -0.352 e. The molecule has 1 aliphatic rings. The van der Waals surface area contributed by atoms with E-state index in [4.69, 9.17) is 5.73 Å². The van der Waals surface area contributed by atoms with Crippen molar-refractivity contribution in [1.29, 1.82) is 0 Å². The lowest BCUT2D eigenvalue weighted by Crippen LogP contribution is -2.57. The van der Waals surface area contributed by atoms with E-state index >= 15 is 0 Å². The third kappa shape index (κ3) is 4.14. The van der Waals surface area contributed by atoms with Gasteiger partial charge in [0.15, 0.2) is 5.65 Å². The van der Waals surface area contributed by atoms with E-state index in [1.165, 1.54) is 0 Å². The van der Waals surface area contributed by atoms with E-state index in [0.717, 1.165) is 22.4 Å². The quantitative estimate of drug-likeness (QED) is 0.670. The van der Waals surface area contributed by atoms with E-state index in [1.807, 2.05) is 42.3 Å². The van der Waals surface area contributed by atoms with Crippen LogP contribution in [0.3, 0.4) is 0 Å². The van der Waals surface area contributed by atoms with Crippen LogP contribution in [0.4, 0.5) is 5.82 Å². The number of piperazine rings is 1. The summed E-state index contributed by atoms with van der Waals surface area (Å²) in [5.74, 6) is 0.807. The molecule has 1 amide bonds. The fourth-order valence-corrected chi connectivity index (χ4v) is 3.56. The third-order valence-corrected chi connectivity index (χ3v) is 5.19. The number of benzene rings is 1. The molecule has 3 heterocycles. The summed E-state index contributed by atoms with van der Waals surface area (Å²) in [5, 5.41) is 5.19. The number of hydrogen-bond donors (Lipinski definition) is 1. The molecule has 3 aromatic rings. The van der Waals surface area contributed by atoms with E-state index in [2.05, 4.69) is 20.0 Å². The third-order valence-electron chi connectivity index (χ3n) is 5.19. The molecule has 1 fully saturated rings. The molecule has 156 valence electrons. The molecule has 0 aliphatic carbocycles. The highest BCUT2D eigenvalue weighted by atomic mass is 35.5. The van der Waals surface area contributed by atoms with Crippen molar-refractivity contribution >= 4 is 47.6 Å². The summed E-state index contributed by atoms with van der Waals surface area (Å²) in [6.07, 6.45) is 3.35. The maximum atomic E-state index is 13.0. The molecule has 29 heavy (non-hydrogen) atoms. The highest BCUT2D eigenvalue weighted by Gasteiger charge is 2.36. The van der Waals surface area contributed by atoms with Crippen LogP contribution in [-0.2, 0) is 17.4 Å². The maximum Gasteiger partial charge on any atom is 0.247 e. The molecule has 0 radical (unpaired) electrons. The number of anilines is 1. The second-order valence-electron chi connectivity index (χ2n) is 7.05. The number of rotatable bonds is 3. The Kier molecular flexibility index (Phi) is 7.05. The predicted octanol–water partition coefficient (Wildman–Crippen LogP) is 1.73. The molecule has 1 atom stereocenters. The summed E-state index contributed by atoms with van der Waals surface area (Å²) in [5.41, 5.74) is 6.99. The number of carbonyl (C=O) groups is 1. The predicted molar refractivity (Wildman–Crippen MR) is 118 cm³/mol. The fraction of sp³-hybridized carbons (Fsp3) is 0.368. The van der Waals surface area contributed by atoms with Crippen molar-refractivity contribution in [3.63, 3.8) is 0 Å². The van der Waals surface area contributed by atoms with E-state index in [1.54, 1.807) is 24.1 Å². The summed E-state index contributed by atoms with van der Waals surface area (Å²) in [6, 6.07) is 9.52. The first kappa shape index (κ1) is 22.9. The van der Waals surface area contributed by atoms with Gasteiger partial charge in [-0.25, -0.2) is 9.97 Å². The van der Waals surface area contributed by atoms with Crippen LogP contribution in [-0.4, -0.2) is 56.7 Å². The lowest BCUT2D eigenvalue weighted by Gasteiger charge is -2.39. The minimum atomic E-state index is -1.03. The molecule has 1 saturated heterocycles. The van der Waals surface area contributed by atoms with Crippen LogP contribution in [0.15, 0.2) is 42.9 Å². The summed E-state index contributed by atoms with van der Waals surface area (Å²) in [7, 11) is 1.86. The molecule has 1 aromatic carbocycles. The number of fused-ring (bicyclic) bond motifs is 1. The van der Waals surface area contributed by atoms with Gasteiger partial charge in [-0.15, -0.1) is 24.8 Å². The van der Waals surface area contributed by atoms with Crippen molar-refractivity contribution in [3.05, 3.63) is 48.4 Å². The molecule has 2 N–H and O–H groups in total. The molecule has 0 saturated carbocycles. The molecule has 0 bridgehead atoms. The van der Waals surface area contributed by atoms with E-state index in [0.29, 0.717) is 26.2 Å². The first-order valence-electron chi connectivity index (χ1n) is 9.00. The van der Waals surface area contributed by atoms with Crippen LogP contribution in [0, 0.1) is 0 Å². The lowest BCUT2D eigenvalue weighted by molar-refractivity contribution is -0.137. The number of hydrogen-bond acceptors (Lipinski definition) is 6. The molecule has 8 nitrogen and oxygen atoms in total. The normalized spacial score (nSPS) is 16.0. The van der Waals surface area contributed by atoms with Gasteiger partial charge in [-0.2, -0.15) is 5.10 Å². The number of nitrogens with zero attached hydrogens (tertiary/aromatic N) is 6. The smallest absolute Gasteiger partial charge is 0.247 e. The Bertz CT molecular complexity index is 969. The highest BCUT2D eigenvalue weighted by molar-refractivity contribution is 5.88. The number of nitrogens with two attached hydrogens (primary N) is 1. The molecular weight excluding hydrogens is 413 g/mol. The molecule has 10 heteroatoms. The van der Waals surface area contributed by atoms with Crippen LogP contribution >= 0.6 is 24.8 Å². The molecule has 4 rings (SSSR count). The van der Waals surface area contributed by atoms with Gasteiger partial charge < -0.3 is 15.5 Å². The lowest BCUT2D eigenvalue weighted by atomic mass is 9.91. The molecule has 0 spiro atoms. The SMILES string of the molecule is Cl.Cl.Cn1ncc2c(N3CCN(C(=O)C(C)(N)c4ccccc4)CC3)ncnc21. The second-order valence-corrected chi connectivity index (χ2v) is 7.05. The Hall–Kier alpha value is -2.42. The zero-order chi connectivity index (χ0) is 19.0. The van der Waals surface area contributed by atoms with Crippen molar-refractivity contribution in [2.45, 2.75) is 12.5 Å². The molecule has 1 aliphatic heterocycles. The van der Waals surface area contributed by atoms with Gasteiger partial charge in [0.2, 0.25) is 5.91 Å². The minimum absolute atomic E-state index is 0. The molecular formula is C19H25Cl2N7O. The van der Waals surface area contributed by atoms with E-state index in [9.17, 15) is 4.79 Å². The summed E-state index contributed by atoms with van der Waals surface area (Å²) >= 11 is 0. The van der Waals surface area contributed by atoms with Gasteiger partial charge in [0.1, 0.15) is 17.7 Å². The zero-order valence-electron chi connectivity index (χ0n) is 16.4. The van der Waals surface area contributed by atoms with Crippen molar-refractivity contribution < 1.29 is 4.79 Å². The number of aryl methyl sites for hydroxylation is 1. The van der Waals surface area contributed by atoms with Gasteiger partial charge in [-0.1, -0.05) is 30.3 Å².